The Labute approximate surface area is 97.4 Å². The van der Waals surface area contributed by atoms with Crippen LogP contribution in [0, 0.1) is 0 Å². The van der Waals surface area contributed by atoms with Gasteiger partial charge in [0.15, 0.2) is 0 Å². The van der Waals surface area contributed by atoms with Gasteiger partial charge in [0, 0.05) is 25.7 Å². The second-order valence-electron chi connectivity index (χ2n) is 4.43. The lowest BCUT2D eigenvalue weighted by Gasteiger charge is -2.30. The Morgan fingerprint density at radius 2 is 2.19 bits per heavy atom. The molecule has 88 valence electrons. The number of hydrogen-bond donors (Lipinski definition) is 1. The Balaban J connectivity index is 2.48. The Hall–Kier alpha value is -1.22. The zero-order chi connectivity index (χ0) is 11.5. The third-order valence-electron chi connectivity index (χ3n) is 3.06. The highest BCUT2D eigenvalue weighted by Gasteiger charge is 2.20. The topological polar surface area (TPSA) is 24.5 Å². The lowest BCUT2D eigenvalue weighted by molar-refractivity contribution is 0.413. The fourth-order valence-corrected chi connectivity index (χ4v) is 2.25. The molecule has 0 saturated carbocycles. The lowest BCUT2D eigenvalue weighted by Crippen LogP contribution is -2.34. The summed E-state index contributed by atoms with van der Waals surface area (Å²) in [6, 6.07) is 6.77. The van der Waals surface area contributed by atoms with Crippen molar-refractivity contribution in [3.63, 3.8) is 0 Å². The van der Waals surface area contributed by atoms with Crippen molar-refractivity contribution in [1.82, 2.24) is 5.32 Å². The average Bonchev–Trinajstić information content (AvgIpc) is 2.50. The molecule has 16 heavy (non-hydrogen) atoms. The molecule has 3 heteroatoms. The molecule has 0 fully saturated rings. The summed E-state index contributed by atoms with van der Waals surface area (Å²) in [5, 5.41) is 3.44. The molecule has 1 N–H and O–H groups in total. The second-order valence-corrected chi connectivity index (χ2v) is 4.43. The molecule has 0 bridgehead atoms. The van der Waals surface area contributed by atoms with Gasteiger partial charge in [-0.15, -0.1) is 0 Å². The first-order chi connectivity index (χ1) is 7.74. The molecule has 0 unspecified atom stereocenters. The normalized spacial score (nSPS) is 15.9. The molecule has 1 heterocycles. The fraction of sp³-hybridized carbons (Fsp3) is 0.538. The van der Waals surface area contributed by atoms with E-state index in [2.05, 4.69) is 36.2 Å². The third-order valence-corrected chi connectivity index (χ3v) is 3.06. The van der Waals surface area contributed by atoms with E-state index < -0.39 is 0 Å². The van der Waals surface area contributed by atoms with E-state index in [1.54, 1.807) is 7.11 Å². The molecule has 0 saturated heterocycles. The maximum Gasteiger partial charge on any atom is 0.142 e. The predicted octanol–water partition coefficient (Wildman–Crippen LogP) is 2.01. The van der Waals surface area contributed by atoms with Crippen molar-refractivity contribution in [2.75, 3.05) is 25.1 Å². The van der Waals surface area contributed by atoms with Gasteiger partial charge >= 0.3 is 0 Å². The van der Waals surface area contributed by atoms with Gasteiger partial charge < -0.3 is 15.0 Å². The highest BCUT2D eigenvalue weighted by molar-refractivity contribution is 5.65. The average molecular weight is 220 g/mol. The SMILES string of the molecule is COc1cccc2c1N(C(C)C)CCNC2. The number of ether oxygens (including phenoxy) is 1. The van der Waals surface area contributed by atoms with Gasteiger partial charge in [0.2, 0.25) is 0 Å². The maximum absolute atomic E-state index is 5.48. The molecule has 0 spiro atoms. The molecular weight excluding hydrogens is 200 g/mol. The van der Waals surface area contributed by atoms with E-state index in [9.17, 15) is 0 Å². The van der Waals surface area contributed by atoms with Gasteiger partial charge in [-0.3, -0.25) is 0 Å². The summed E-state index contributed by atoms with van der Waals surface area (Å²) in [7, 11) is 1.74. The number of fused-ring (bicyclic) bond motifs is 1. The summed E-state index contributed by atoms with van der Waals surface area (Å²) in [6.07, 6.45) is 0. The Bertz CT molecular complexity index is 363. The first-order valence-electron chi connectivity index (χ1n) is 5.87. The van der Waals surface area contributed by atoms with Crippen molar-refractivity contribution >= 4 is 5.69 Å². The van der Waals surface area contributed by atoms with Gasteiger partial charge in [-0.05, 0) is 25.5 Å². The van der Waals surface area contributed by atoms with Gasteiger partial charge in [0.1, 0.15) is 5.75 Å². The summed E-state index contributed by atoms with van der Waals surface area (Å²) < 4.78 is 5.48. The minimum atomic E-state index is 0.495. The molecule has 0 aliphatic carbocycles. The summed E-state index contributed by atoms with van der Waals surface area (Å²) in [5.41, 5.74) is 2.58. The van der Waals surface area contributed by atoms with E-state index in [0.717, 1.165) is 25.4 Å². The van der Waals surface area contributed by atoms with Crippen LogP contribution in [0.2, 0.25) is 0 Å². The quantitative estimate of drug-likeness (QED) is 0.825. The van der Waals surface area contributed by atoms with Crippen LogP contribution in [0.5, 0.6) is 5.75 Å². The van der Waals surface area contributed by atoms with Gasteiger partial charge in [-0.1, -0.05) is 12.1 Å². The van der Waals surface area contributed by atoms with Crippen LogP contribution < -0.4 is 15.0 Å². The molecule has 0 atom stereocenters. The zero-order valence-electron chi connectivity index (χ0n) is 10.3. The van der Waals surface area contributed by atoms with Crippen molar-refractivity contribution in [2.45, 2.75) is 26.4 Å². The van der Waals surface area contributed by atoms with Crippen molar-refractivity contribution in [3.05, 3.63) is 23.8 Å². The van der Waals surface area contributed by atoms with Crippen molar-refractivity contribution in [2.24, 2.45) is 0 Å². The van der Waals surface area contributed by atoms with Crippen LogP contribution in [0.1, 0.15) is 19.4 Å². The Morgan fingerprint density at radius 3 is 2.88 bits per heavy atom. The molecule has 1 aliphatic rings. The predicted molar refractivity (Wildman–Crippen MR) is 67.2 cm³/mol. The number of para-hydroxylation sites is 1. The first kappa shape index (κ1) is 11.3. The highest BCUT2D eigenvalue weighted by Crippen LogP contribution is 2.34. The van der Waals surface area contributed by atoms with Crippen molar-refractivity contribution < 1.29 is 4.74 Å². The number of rotatable bonds is 2. The lowest BCUT2D eigenvalue weighted by atomic mass is 10.1. The van der Waals surface area contributed by atoms with E-state index in [1.165, 1.54) is 11.3 Å². The van der Waals surface area contributed by atoms with E-state index in [4.69, 9.17) is 4.74 Å². The number of anilines is 1. The summed E-state index contributed by atoms with van der Waals surface area (Å²) in [6.45, 7) is 7.43. The number of methoxy groups -OCH3 is 1. The summed E-state index contributed by atoms with van der Waals surface area (Å²) in [5.74, 6) is 0.981. The molecule has 1 aromatic carbocycles. The number of benzene rings is 1. The maximum atomic E-state index is 5.48. The van der Waals surface area contributed by atoms with Crippen LogP contribution in [-0.4, -0.2) is 26.2 Å². The molecule has 1 aliphatic heterocycles. The fourth-order valence-electron chi connectivity index (χ4n) is 2.25. The Kier molecular flexibility index (Phi) is 3.34. The van der Waals surface area contributed by atoms with Gasteiger partial charge in [0.05, 0.1) is 12.8 Å². The molecule has 0 aromatic heterocycles. The summed E-state index contributed by atoms with van der Waals surface area (Å²) in [4.78, 5) is 2.41. The van der Waals surface area contributed by atoms with Crippen LogP contribution in [0.25, 0.3) is 0 Å². The highest BCUT2D eigenvalue weighted by atomic mass is 16.5. The molecule has 3 nitrogen and oxygen atoms in total. The van der Waals surface area contributed by atoms with Gasteiger partial charge in [-0.2, -0.15) is 0 Å². The van der Waals surface area contributed by atoms with E-state index >= 15 is 0 Å². The molecule has 2 rings (SSSR count). The van der Waals surface area contributed by atoms with Crippen molar-refractivity contribution in [1.29, 1.82) is 0 Å². The van der Waals surface area contributed by atoms with Crippen LogP contribution >= 0.6 is 0 Å². The zero-order valence-corrected chi connectivity index (χ0v) is 10.3. The third kappa shape index (κ3) is 2.00. The standard InChI is InChI=1S/C13H20N2O/c1-10(2)15-8-7-14-9-11-5-4-6-12(16-3)13(11)15/h4-6,10,14H,7-9H2,1-3H3. The minimum absolute atomic E-state index is 0.495. The van der Waals surface area contributed by atoms with E-state index in [0.29, 0.717) is 6.04 Å². The Morgan fingerprint density at radius 1 is 1.38 bits per heavy atom. The number of nitrogens with one attached hydrogen (secondary N) is 1. The smallest absolute Gasteiger partial charge is 0.142 e. The van der Waals surface area contributed by atoms with E-state index in [-0.39, 0.29) is 0 Å². The number of nitrogens with zero attached hydrogens (tertiary/aromatic N) is 1. The van der Waals surface area contributed by atoms with Crippen LogP contribution in [0.4, 0.5) is 5.69 Å². The van der Waals surface area contributed by atoms with Crippen LogP contribution in [0.15, 0.2) is 18.2 Å². The molecular formula is C13H20N2O. The van der Waals surface area contributed by atoms with E-state index in [1.807, 2.05) is 6.07 Å². The molecule has 1 aromatic rings. The molecule has 0 amide bonds. The minimum Gasteiger partial charge on any atom is -0.495 e. The van der Waals surface area contributed by atoms with Crippen molar-refractivity contribution in [3.8, 4) is 5.75 Å². The van der Waals surface area contributed by atoms with Gasteiger partial charge in [0.25, 0.3) is 0 Å². The van der Waals surface area contributed by atoms with Gasteiger partial charge in [-0.25, -0.2) is 0 Å². The second kappa shape index (κ2) is 4.74. The first-order valence-corrected chi connectivity index (χ1v) is 5.87. The molecule has 0 radical (unpaired) electrons. The largest absolute Gasteiger partial charge is 0.495 e. The summed E-state index contributed by atoms with van der Waals surface area (Å²) >= 11 is 0. The number of hydrogen-bond acceptors (Lipinski definition) is 3. The van der Waals surface area contributed by atoms with Crippen LogP contribution in [0.3, 0.4) is 0 Å². The van der Waals surface area contributed by atoms with Crippen LogP contribution in [-0.2, 0) is 6.54 Å². The monoisotopic (exact) mass is 220 g/mol.